The van der Waals surface area contributed by atoms with Crippen molar-refractivity contribution in [3.8, 4) is 11.1 Å². The molecule has 7 nitrogen and oxygen atoms in total. The summed E-state index contributed by atoms with van der Waals surface area (Å²) in [6, 6.07) is 12.6. The monoisotopic (exact) mass is 465 g/mol. The summed E-state index contributed by atoms with van der Waals surface area (Å²) in [5.74, 6) is -0.471. The third-order valence-corrected chi connectivity index (χ3v) is 5.31. The summed E-state index contributed by atoms with van der Waals surface area (Å²) >= 11 is 0. The molecule has 2 aromatic rings. The molecule has 0 aliphatic rings. The Morgan fingerprint density at radius 3 is 2.12 bits per heavy atom. The number of nitrogens with zero attached hydrogens (tertiary/aromatic N) is 1. The smallest absolute Gasteiger partial charge is 0.405 e. The topological polar surface area (TPSA) is 125 Å². The summed E-state index contributed by atoms with van der Waals surface area (Å²) < 4.78 is 34.2. The van der Waals surface area contributed by atoms with Crippen molar-refractivity contribution in [1.82, 2.24) is 0 Å². The average molecular weight is 466 g/mol. The Morgan fingerprint density at radius 1 is 1.09 bits per heavy atom. The molecule has 1 atom stereocenters. The Morgan fingerprint density at radius 2 is 1.66 bits per heavy atom. The molecule has 0 aliphatic carbocycles. The van der Waals surface area contributed by atoms with E-state index in [2.05, 4.69) is 9.10 Å². The molecule has 0 bridgehead atoms. The summed E-state index contributed by atoms with van der Waals surface area (Å²) in [7, 11) is -3.32. The van der Waals surface area contributed by atoms with Crippen LogP contribution in [0.2, 0.25) is 0 Å². The highest BCUT2D eigenvalue weighted by Gasteiger charge is 2.13. The molecule has 0 saturated heterocycles. The highest BCUT2D eigenvalue weighted by molar-refractivity contribution is 7.91. The molecule has 4 N–H and O–H groups in total. The summed E-state index contributed by atoms with van der Waals surface area (Å²) in [5, 5.41) is 5.79. The van der Waals surface area contributed by atoms with Crippen molar-refractivity contribution in [2.75, 3.05) is 0 Å². The van der Waals surface area contributed by atoms with Gasteiger partial charge in [-0.1, -0.05) is 38.1 Å². The van der Waals surface area contributed by atoms with E-state index in [0.717, 1.165) is 0 Å². The zero-order chi connectivity index (χ0) is 24.5. The fraction of sp³-hybridized carbons (Fsp3) is 0.391. The van der Waals surface area contributed by atoms with Gasteiger partial charge in [-0.15, -0.1) is 4.36 Å². The number of benzene rings is 2. The van der Waals surface area contributed by atoms with E-state index in [1.165, 1.54) is 12.1 Å². The van der Waals surface area contributed by atoms with Gasteiger partial charge in [0.15, 0.2) is 0 Å². The molecular weight excluding hydrogens is 433 g/mol. The van der Waals surface area contributed by atoms with Crippen LogP contribution in [-0.4, -0.2) is 21.8 Å². The van der Waals surface area contributed by atoms with Crippen LogP contribution in [0, 0.1) is 11.7 Å². The van der Waals surface area contributed by atoms with Gasteiger partial charge >= 0.3 is 6.09 Å². The van der Waals surface area contributed by atoms with E-state index < -0.39 is 27.5 Å². The zero-order valence-corrected chi connectivity index (χ0v) is 19.9. The average Bonchev–Trinajstić information content (AvgIpc) is 2.65. The molecule has 2 aromatic carbocycles. The Balaban J connectivity index is 0.000000547. The van der Waals surface area contributed by atoms with Crippen molar-refractivity contribution in [2.45, 2.75) is 58.0 Å². The highest BCUT2D eigenvalue weighted by Crippen LogP contribution is 2.23. The number of primary amides is 1. The van der Waals surface area contributed by atoms with Crippen LogP contribution in [0.1, 0.15) is 47.5 Å². The molecule has 176 valence electrons. The molecule has 9 heteroatoms. The summed E-state index contributed by atoms with van der Waals surface area (Å²) in [6.07, 6.45) is 0.161. The lowest BCUT2D eigenvalue weighted by Gasteiger charge is -2.16. The van der Waals surface area contributed by atoms with Crippen molar-refractivity contribution in [1.29, 1.82) is 0 Å². The Kier molecular flexibility index (Phi) is 9.99. The second kappa shape index (κ2) is 11.7. The normalized spacial score (nSPS) is 12.9. The van der Waals surface area contributed by atoms with E-state index in [-0.39, 0.29) is 17.1 Å². The minimum Gasteiger partial charge on any atom is -0.444 e. The van der Waals surface area contributed by atoms with Crippen molar-refractivity contribution >= 4 is 21.9 Å². The van der Waals surface area contributed by atoms with Crippen LogP contribution in [0.5, 0.6) is 0 Å². The predicted octanol–water partition coefficient (Wildman–Crippen LogP) is 5.04. The summed E-state index contributed by atoms with van der Waals surface area (Å²) in [6.45, 7) is 9.28. The van der Waals surface area contributed by atoms with Crippen LogP contribution in [0.25, 0.3) is 11.1 Å². The second-order valence-corrected chi connectivity index (χ2v) is 10.3. The minimum absolute atomic E-state index is 0.218. The first-order chi connectivity index (χ1) is 14.7. The van der Waals surface area contributed by atoms with Crippen molar-refractivity contribution in [2.24, 2.45) is 21.2 Å². The molecule has 0 aromatic heterocycles. The molecule has 32 heavy (non-hydrogen) atoms. The largest absolute Gasteiger partial charge is 0.444 e. The van der Waals surface area contributed by atoms with E-state index in [1.54, 1.807) is 57.2 Å². The fourth-order valence-electron chi connectivity index (χ4n) is 2.49. The van der Waals surface area contributed by atoms with Crippen LogP contribution < -0.4 is 10.9 Å². The van der Waals surface area contributed by atoms with Crippen LogP contribution in [0.3, 0.4) is 0 Å². The maximum Gasteiger partial charge on any atom is 0.405 e. The van der Waals surface area contributed by atoms with Crippen LogP contribution in [-0.2, 0) is 19.4 Å². The molecule has 2 amide bonds. The molecular formula is C23H32FN3O4S. The van der Waals surface area contributed by atoms with E-state index in [9.17, 15) is 18.2 Å². The lowest BCUT2D eigenvalue weighted by Crippen LogP contribution is -2.27. The Hall–Kier alpha value is -2.78. The number of hydrogen-bond acceptors (Lipinski definition) is 4. The van der Waals surface area contributed by atoms with Crippen LogP contribution >= 0.6 is 0 Å². The number of carbonyl (C=O) groups is 2. The first-order valence-corrected chi connectivity index (χ1v) is 11.7. The number of halogens is 1. The number of ether oxygens (including phenoxy) is 1. The molecule has 0 aliphatic heterocycles. The molecule has 2 rings (SSSR count). The van der Waals surface area contributed by atoms with Gasteiger partial charge in [0.05, 0.1) is 4.90 Å². The minimum atomic E-state index is -3.32. The van der Waals surface area contributed by atoms with Crippen molar-refractivity contribution in [3.05, 3.63) is 54.3 Å². The van der Waals surface area contributed by atoms with Gasteiger partial charge in [0.2, 0.25) is 0 Å². The third kappa shape index (κ3) is 10.5. The maximum absolute atomic E-state index is 13.4. The molecule has 1 unspecified atom stereocenters. The van der Waals surface area contributed by atoms with Crippen LogP contribution in [0.15, 0.2) is 57.8 Å². The van der Waals surface area contributed by atoms with E-state index >= 15 is 0 Å². The molecule has 0 heterocycles. The summed E-state index contributed by atoms with van der Waals surface area (Å²) in [4.78, 5) is 22.1. The van der Waals surface area contributed by atoms with Gasteiger partial charge in [-0.3, -0.25) is 4.79 Å². The number of amides is 2. The number of rotatable bonds is 5. The first-order valence-electron chi connectivity index (χ1n) is 10.1. The predicted molar refractivity (Wildman–Crippen MR) is 124 cm³/mol. The first kappa shape index (κ1) is 27.3. The SMILES string of the molecule is CC(C)(C)OC(N)=O.CC(C)CCC(=O)N=S(N)(=O)c1cccc(-c2cccc(F)c2)c1. The standard InChI is InChI=1S/C18H21FN2O2S.C5H11NO2/c1-13(2)9-10-18(22)21-24(20,23)17-8-4-6-15(12-17)14-5-3-7-16(19)11-14;1-5(2,3)8-4(6)7/h3-8,11-13H,9-10H2,1-2H3,(H2,20,21,22,23);1-3H3,(H2,6,7). The van der Waals surface area contributed by atoms with Gasteiger partial charge in [0.1, 0.15) is 21.3 Å². The van der Waals surface area contributed by atoms with E-state index in [0.29, 0.717) is 23.5 Å². The Labute approximate surface area is 189 Å². The fourth-order valence-corrected chi connectivity index (χ4v) is 3.56. The van der Waals surface area contributed by atoms with Gasteiger partial charge in [-0.05, 0) is 68.5 Å². The molecule has 0 spiro atoms. The third-order valence-electron chi connectivity index (χ3n) is 3.91. The highest BCUT2D eigenvalue weighted by atomic mass is 32.2. The quantitative estimate of drug-likeness (QED) is 0.642. The summed E-state index contributed by atoms with van der Waals surface area (Å²) in [5.41, 5.74) is 5.56. The van der Waals surface area contributed by atoms with E-state index in [1.807, 2.05) is 13.8 Å². The van der Waals surface area contributed by atoms with E-state index in [4.69, 9.17) is 10.9 Å². The number of nitrogens with two attached hydrogens (primary N) is 2. The lowest BCUT2D eigenvalue weighted by atomic mass is 10.1. The lowest BCUT2D eigenvalue weighted by molar-refractivity contribution is -0.117. The van der Waals surface area contributed by atoms with Gasteiger partial charge in [-0.2, -0.15) is 0 Å². The molecule has 0 saturated carbocycles. The second-order valence-electron chi connectivity index (χ2n) is 8.56. The number of hydrogen-bond donors (Lipinski definition) is 2. The maximum atomic E-state index is 13.4. The van der Waals surface area contributed by atoms with Crippen molar-refractivity contribution < 1.29 is 22.9 Å². The van der Waals surface area contributed by atoms with Gasteiger partial charge < -0.3 is 10.5 Å². The number of carbonyl (C=O) groups excluding carboxylic acids is 2. The van der Waals surface area contributed by atoms with Gasteiger partial charge in [0, 0.05) is 6.42 Å². The molecule has 0 radical (unpaired) electrons. The van der Waals surface area contributed by atoms with Gasteiger partial charge in [0.25, 0.3) is 5.91 Å². The Bertz CT molecular complexity index is 1060. The molecule has 0 fully saturated rings. The van der Waals surface area contributed by atoms with Crippen molar-refractivity contribution in [3.63, 3.8) is 0 Å². The van der Waals surface area contributed by atoms with Gasteiger partial charge in [-0.25, -0.2) is 18.5 Å². The zero-order valence-electron chi connectivity index (χ0n) is 19.1. The van der Waals surface area contributed by atoms with Crippen LogP contribution in [0.4, 0.5) is 9.18 Å².